The van der Waals surface area contributed by atoms with E-state index in [9.17, 15) is 5.11 Å². The highest BCUT2D eigenvalue weighted by molar-refractivity contribution is 5.34. The van der Waals surface area contributed by atoms with Crippen LogP contribution in [-0.4, -0.2) is 46.7 Å². The minimum Gasteiger partial charge on any atom is -0.385 e. The maximum Gasteiger partial charge on any atom is 0.227 e. The molecule has 0 amide bonds. The van der Waals surface area contributed by atoms with Crippen LogP contribution in [0.2, 0.25) is 0 Å². The first-order valence-corrected chi connectivity index (χ1v) is 7.90. The molecule has 0 spiro atoms. The fourth-order valence-electron chi connectivity index (χ4n) is 3.32. The topological polar surface area (TPSA) is 63.4 Å². The van der Waals surface area contributed by atoms with Crippen molar-refractivity contribution in [1.82, 2.24) is 14.8 Å². The molecule has 6 nitrogen and oxygen atoms in total. The normalized spacial score (nSPS) is 25.0. The Hall–Kier alpha value is -1.14. The first-order valence-electron chi connectivity index (χ1n) is 7.90. The SMILES string of the molecule is COCCCn1c(N2CCC3CC3C2)nnc1C(C)(C)O. The van der Waals surface area contributed by atoms with Gasteiger partial charge in [-0.25, -0.2) is 0 Å². The van der Waals surface area contributed by atoms with Gasteiger partial charge in [0.05, 0.1) is 0 Å². The number of rotatable bonds is 6. The Labute approximate surface area is 126 Å². The smallest absolute Gasteiger partial charge is 0.227 e. The quantitative estimate of drug-likeness (QED) is 0.803. The molecule has 2 aliphatic rings. The highest BCUT2D eigenvalue weighted by Gasteiger charge is 2.42. The largest absolute Gasteiger partial charge is 0.385 e. The molecule has 118 valence electrons. The zero-order chi connectivity index (χ0) is 15.0. The Morgan fingerprint density at radius 2 is 2.14 bits per heavy atom. The van der Waals surface area contributed by atoms with Crippen molar-refractivity contribution >= 4 is 5.95 Å². The highest BCUT2D eigenvalue weighted by Crippen LogP contribution is 2.45. The van der Waals surface area contributed by atoms with Crippen LogP contribution in [0.3, 0.4) is 0 Å². The molecule has 1 N–H and O–H groups in total. The number of hydrogen-bond donors (Lipinski definition) is 1. The van der Waals surface area contributed by atoms with Gasteiger partial charge in [-0.3, -0.25) is 4.57 Å². The van der Waals surface area contributed by atoms with Gasteiger partial charge in [-0.05, 0) is 44.9 Å². The summed E-state index contributed by atoms with van der Waals surface area (Å²) in [7, 11) is 1.71. The molecule has 6 heteroatoms. The van der Waals surface area contributed by atoms with Crippen LogP contribution in [0.25, 0.3) is 0 Å². The van der Waals surface area contributed by atoms with E-state index in [1.807, 2.05) is 0 Å². The van der Waals surface area contributed by atoms with Crippen LogP contribution in [0, 0.1) is 11.8 Å². The summed E-state index contributed by atoms with van der Waals surface area (Å²) in [4.78, 5) is 2.34. The number of fused-ring (bicyclic) bond motifs is 1. The fraction of sp³-hybridized carbons (Fsp3) is 0.867. The summed E-state index contributed by atoms with van der Waals surface area (Å²) in [6, 6.07) is 0. The van der Waals surface area contributed by atoms with Gasteiger partial charge in [0, 0.05) is 33.4 Å². The minimum absolute atomic E-state index is 0.645. The highest BCUT2D eigenvalue weighted by atomic mass is 16.5. The summed E-state index contributed by atoms with van der Waals surface area (Å²) in [6.07, 6.45) is 3.52. The lowest BCUT2D eigenvalue weighted by atomic mass is 10.1. The average molecular weight is 294 g/mol. The van der Waals surface area contributed by atoms with E-state index in [0.717, 1.165) is 43.8 Å². The second-order valence-corrected chi connectivity index (χ2v) is 6.87. The van der Waals surface area contributed by atoms with Crippen molar-refractivity contribution in [2.75, 3.05) is 31.7 Å². The third-order valence-corrected chi connectivity index (χ3v) is 4.59. The molecule has 1 aliphatic carbocycles. The molecule has 1 saturated heterocycles. The lowest BCUT2D eigenvalue weighted by Crippen LogP contribution is -2.34. The summed E-state index contributed by atoms with van der Waals surface area (Å²) in [6.45, 7) is 7.14. The molecule has 1 saturated carbocycles. The zero-order valence-corrected chi connectivity index (χ0v) is 13.2. The second-order valence-electron chi connectivity index (χ2n) is 6.87. The Balaban J connectivity index is 1.82. The lowest BCUT2D eigenvalue weighted by Gasteiger charge is -2.28. The van der Waals surface area contributed by atoms with Crippen LogP contribution in [0.5, 0.6) is 0 Å². The number of ether oxygens (including phenoxy) is 1. The van der Waals surface area contributed by atoms with Gasteiger partial charge in [-0.1, -0.05) is 0 Å². The fourth-order valence-corrected chi connectivity index (χ4v) is 3.32. The molecule has 2 heterocycles. The summed E-state index contributed by atoms with van der Waals surface area (Å²) in [5.74, 6) is 3.34. The molecule has 2 unspecified atom stereocenters. The van der Waals surface area contributed by atoms with Gasteiger partial charge < -0.3 is 14.7 Å². The third kappa shape index (κ3) is 3.06. The number of hydrogen-bond acceptors (Lipinski definition) is 5. The maximum absolute atomic E-state index is 10.3. The van der Waals surface area contributed by atoms with Crippen molar-refractivity contribution in [3.8, 4) is 0 Å². The molecule has 21 heavy (non-hydrogen) atoms. The van der Waals surface area contributed by atoms with E-state index in [1.165, 1.54) is 12.8 Å². The zero-order valence-electron chi connectivity index (χ0n) is 13.2. The summed E-state index contributed by atoms with van der Waals surface area (Å²) in [5, 5.41) is 19.0. The van der Waals surface area contributed by atoms with Crippen molar-refractivity contribution in [2.45, 2.75) is 45.3 Å². The van der Waals surface area contributed by atoms with Gasteiger partial charge in [-0.15, -0.1) is 10.2 Å². The van der Waals surface area contributed by atoms with Crippen molar-refractivity contribution in [3.63, 3.8) is 0 Å². The molecule has 0 aromatic carbocycles. The number of aromatic nitrogens is 3. The number of aliphatic hydroxyl groups is 1. The van der Waals surface area contributed by atoms with Gasteiger partial charge in [-0.2, -0.15) is 0 Å². The third-order valence-electron chi connectivity index (χ3n) is 4.59. The van der Waals surface area contributed by atoms with Crippen LogP contribution in [0.15, 0.2) is 0 Å². The van der Waals surface area contributed by atoms with E-state index in [2.05, 4.69) is 19.7 Å². The molecular weight excluding hydrogens is 268 g/mol. The first kappa shape index (κ1) is 14.8. The van der Waals surface area contributed by atoms with E-state index in [1.54, 1.807) is 21.0 Å². The number of nitrogens with zero attached hydrogens (tertiary/aromatic N) is 4. The Morgan fingerprint density at radius 1 is 1.33 bits per heavy atom. The Bertz CT molecular complexity index is 494. The molecule has 0 bridgehead atoms. The van der Waals surface area contributed by atoms with E-state index in [0.29, 0.717) is 12.4 Å². The number of anilines is 1. The summed E-state index contributed by atoms with van der Waals surface area (Å²) < 4.78 is 7.22. The van der Waals surface area contributed by atoms with Gasteiger partial charge in [0.1, 0.15) is 5.60 Å². The van der Waals surface area contributed by atoms with E-state index in [4.69, 9.17) is 4.74 Å². The predicted octanol–water partition coefficient (Wildman–Crippen LogP) is 1.39. The number of piperidine rings is 1. The molecule has 1 aromatic rings. The minimum atomic E-state index is -0.976. The standard InChI is InChI=1S/C15H26N4O2/c1-15(2,20)13-16-17-14(19(13)6-4-8-21-3)18-7-5-11-9-12(11)10-18/h11-12,20H,4-10H2,1-3H3. The van der Waals surface area contributed by atoms with Crippen molar-refractivity contribution in [1.29, 1.82) is 0 Å². The average Bonchev–Trinajstić information content (AvgIpc) is 3.07. The summed E-state index contributed by atoms with van der Waals surface area (Å²) in [5.41, 5.74) is -0.976. The molecular formula is C15H26N4O2. The van der Waals surface area contributed by atoms with Gasteiger partial charge >= 0.3 is 0 Å². The van der Waals surface area contributed by atoms with Gasteiger partial charge in [0.2, 0.25) is 5.95 Å². The van der Waals surface area contributed by atoms with Crippen LogP contribution in [0.1, 0.15) is 38.9 Å². The van der Waals surface area contributed by atoms with Crippen molar-refractivity contribution in [2.24, 2.45) is 11.8 Å². The molecule has 1 aromatic heterocycles. The van der Waals surface area contributed by atoms with Crippen LogP contribution in [-0.2, 0) is 16.9 Å². The van der Waals surface area contributed by atoms with Crippen LogP contribution < -0.4 is 4.90 Å². The molecule has 2 atom stereocenters. The van der Waals surface area contributed by atoms with Crippen molar-refractivity contribution in [3.05, 3.63) is 5.82 Å². The second kappa shape index (κ2) is 5.57. The Morgan fingerprint density at radius 3 is 2.81 bits per heavy atom. The van der Waals surface area contributed by atoms with E-state index in [-0.39, 0.29) is 0 Å². The van der Waals surface area contributed by atoms with E-state index >= 15 is 0 Å². The van der Waals surface area contributed by atoms with Gasteiger partial charge in [0.25, 0.3) is 0 Å². The molecule has 1 aliphatic heterocycles. The van der Waals surface area contributed by atoms with Crippen LogP contribution >= 0.6 is 0 Å². The predicted molar refractivity (Wildman–Crippen MR) is 80.2 cm³/mol. The maximum atomic E-state index is 10.3. The Kier molecular flexibility index (Phi) is 3.92. The summed E-state index contributed by atoms with van der Waals surface area (Å²) >= 11 is 0. The van der Waals surface area contributed by atoms with Crippen molar-refractivity contribution < 1.29 is 9.84 Å². The van der Waals surface area contributed by atoms with Crippen LogP contribution in [0.4, 0.5) is 5.95 Å². The van der Waals surface area contributed by atoms with Gasteiger partial charge in [0.15, 0.2) is 5.82 Å². The monoisotopic (exact) mass is 294 g/mol. The lowest BCUT2D eigenvalue weighted by molar-refractivity contribution is 0.0637. The first-order chi connectivity index (χ1) is 10.0. The molecule has 3 rings (SSSR count). The molecule has 2 fully saturated rings. The molecule has 0 radical (unpaired) electrons. The van der Waals surface area contributed by atoms with E-state index < -0.39 is 5.60 Å². The number of methoxy groups -OCH3 is 1.